The van der Waals surface area contributed by atoms with Gasteiger partial charge in [-0.1, -0.05) is 19.3 Å². The number of rotatable bonds is 5. The summed E-state index contributed by atoms with van der Waals surface area (Å²) >= 11 is 1.76. The van der Waals surface area contributed by atoms with E-state index in [0.29, 0.717) is 6.04 Å². The fraction of sp³-hybridized carbons (Fsp3) is 0.625. The third-order valence-electron chi connectivity index (χ3n) is 4.21. The van der Waals surface area contributed by atoms with E-state index in [0.717, 1.165) is 17.2 Å². The normalized spacial score (nSPS) is 18.0. The van der Waals surface area contributed by atoms with Gasteiger partial charge >= 0.3 is 0 Å². The van der Waals surface area contributed by atoms with Gasteiger partial charge in [0.25, 0.3) is 0 Å². The summed E-state index contributed by atoms with van der Waals surface area (Å²) in [4.78, 5) is 5.70. The summed E-state index contributed by atoms with van der Waals surface area (Å²) in [7, 11) is 0. The first-order valence-electron chi connectivity index (χ1n) is 7.92. The molecule has 0 aromatic carbocycles. The average molecular weight is 304 g/mol. The molecule has 21 heavy (non-hydrogen) atoms. The van der Waals surface area contributed by atoms with Crippen molar-refractivity contribution in [3.05, 3.63) is 34.0 Å². The first-order chi connectivity index (χ1) is 10.2. The fourth-order valence-corrected chi connectivity index (χ4v) is 3.74. The predicted molar refractivity (Wildman–Crippen MR) is 86.5 cm³/mol. The second kappa shape index (κ2) is 6.71. The third kappa shape index (κ3) is 3.71. The first-order valence-corrected chi connectivity index (χ1v) is 8.74. The molecule has 1 saturated carbocycles. The van der Waals surface area contributed by atoms with Gasteiger partial charge in [-0.3, -0.25) is 4.68 Å². The Balaban J connectivity index is 1.54. The molecule has 0 amide bonds. The Hall–Kier alpha value is -1.20. The highest BCUT2D eigenvalue weighted by molar-refractivity contribution is 7.11. The van der Waals surface area contributed by atoms with Crippen LogP contribution in [0.5, 0.6) is 0 Å². The SMILES string of the molecule is Cc1cnc(C(C)NCc2ccn(C3CCCCC3)n2)s1. The topological polar surface area (TPSA) is 42.7 Å². The van der Waals surface area contributed by atoms with Crippen LogP contribution >= 0.6 is 11.3 Å². The molecule has 1 aliphatic rings. The average Bonchev–Trinajstić information content (AvgIpc) is 3.15. The highest BCUT2D eigenvalue weighted by Crippen LogP contribution is 2.27. The highest BCUT2D eigenvalue weighted by Gasteiger charge is 2.16. The molecule has 0 saturated heterocycles. The van der Waals surface area contributed by atoms with Crippen LogP contribution in [0.4, 0.5) is 0 Å². The van der Waals surface area contributed by atoms with E-state index in [-0.39, 0.29) is 6.04 Å². The molecule has 1 fully saturated rings. The van der Waals surface area contributed by atoms with Crippen LogP contribution in [-0.2, 0) is 6.54 Å². The maximum Gasteiger partial charge on any atom is 0.109 e. The monoisotopic (exact) mass is 304 g/mol. The van der Waals surface area contributed by atoms with Crippen molar-refractivity contribution in [3.8, 4) is 0 Å². The highest BCUT2D eigenvalue weighted by atomic mass is 32.1. The molecule has 5 heteroatoms. The summed E-state index contributed by atoms with van der Waals surface area (Å²) in [5.41, 5.74) is 1.13. The van der Waals surface area contributed by atoms with Gasteiger partial charge in [0.2, 0.25) is 0 Å². The summed E-state index contributed by atoms with van der Waals surface area (Å²) < 4.78 is 2.17. The third-order valence-corrected chi connectivity index (χ3v) is 5.31. The molecule has 1 N–H and O–H groups in total. The van der Waals surface area contributed by atoms with E-state index in [1.54, 1.807) is 11.3 Å². The predicted octanol–water partition coefficient (Wildman–Crippen LogP) is 4.00. The zero-order valence-electron chi connectivity index (χ0n) is 12.9. The number of thiazole rings is 1. The van der Waals surface area contributed by atoms with Gasteiger partial charge in [0, 0.05) is 23.8 Å². The molecule has 114 valence electrons. The van der Waals surface area contributed by atoms with Crippen molar-refractivity contribution in [2.75, 3.05) is 0 Å². The number of nitrogens with zero attached hydrogens (tertiary/aromatic N) is 3. The Morgan fingerprint density at radius 3 is 2.90 bits per heavy atom. The van der Waals surface area contributed by atoms with Crippen molar-refractivity contribution < 1.29 is 0 Å². The molecular weight excluding hydrogens is 280 g/mol. The van der Waals surface area contributed by atoms with Crippen LogP contribution in [0.3, 0.4) is 0 Å². The Kier molecular flexibility index (Phi) is 4.70. The Morgan fingerprint density at radius 1 is 1.38 bits per heavy atom. The number of aryl methyl sites for hydroxylation is 1. The minimum absolute atomic E-state index is 0.281. The molecule has 2 aromatic heterocycles. The van der Waals surface area contributed by atoms with Gasteiger partial charge in [0.15, 0.2) is 0 Å². The van der Waals surface area contributed by atoms with Gasteiger partial charge in [-0.15, -0.1) is 11.3 Å². The van der Waals surface area contributed by atoms with E-state index in [1.165, 1.54) is 37.0 Å². The summed E-state index contributed by atoms with van der Waals surface area (Å²) in [5, 5.41) is 9.41. The number of hydrogen-bond acceptors (Lipinski definition) is 4. The second-order valence-electron chi connectivity index (χ2n) is 5.99. The van der Waals surface area contributed by atoms with E-state index in [1.807, 2.05) is 6.20 Å². The molecular formula is C16H24N4S. The van der Waals surface area contributed by atoms with Crippen LogP contribution in [0.2, 0.25) is 0 Å². The zero-order chi connectivity index (χ0) is 14.7. The van der Waals surface area contributed by atoms with Crippen molar-refractivity contribution in [3.63, 3.8) is 0 Å². The van der Waals surface area contributed by atoms with E-state index in [2.05, 4.69) is 41.1 Å². The maximum atomic E-state index is 4.74. The van der Waals surface area contributed by atoms with Crippen LogP contribution in [-0.4, -0.2) is 14.8 Å². The van der Waals surface area contributed by atoms with E-state index < -0.39 is 0 Å². The maximum absolute atomic E-state index is 4.74. The lowest BCUT2D eigenvalue weighted by atomic mass is 9.96. The zero-order valence-corrected chi connectivity index (χ0v) is 13.7. The molecule has 0 spiro atoms. The summed E-state index contributed by atoms with van der Waals surface area (Å²) in [6.45, 7) is 5.07. The van der Waals surface area contributed by atoms with Gasteiger partial charge < -0.3 is 5.32 Å². The minimum atomic E-state index is 0.281. The molecule has 3 rings (SSSR count). The molecule has 4 nitrogen and oxygen atoms in total. The molecule has 2 heterocycles. The number of hydrogen-bond donors (Lipinski definition) is 1. The van der Waals surface area contributed by atoms with Crippen LogP contribution in [0.15, 0.2) is 18.5 Å². The molecule has 1 aliphatic carbocycles. The quantitative estimate of drug-likeness (QED) is 0.907. The minimum Gasteiger partial charge on any atom is -0.302 e. The molecule has 0 radical (unpaired) electrons. The first kappa shape index (κ1) is 14.7. The van der Waals surface area contributed by atoms with E-state index in [9.17, 15) is 0 Å². The molecule has 1 atom stereocenters. The Bertz CT molecular complexity index is 568. The lowest BCUT2D eigenvalue weighted by molar-refractivity contribution is 0.327. The van der Waals surface area contributed by atoms with Gasteiger partial charge in [-0.2, -0.15) is 5.10 Å². The van der Waals surface area contributed by atoms with Gasteiger partial charge in [-0.05, 0) is 32.8 Å². The molecule has 1 unspecified atom stereocenters. The van der Waals surface area contributed by atoms with Crippen molar-refractivity contribution >= 4 is 11.3 Å². The van der Waals surface area contributed by atoms with Gasteiger partial charge in [0.05, 0.1) is 17.8 Å². The van der Waals surface area contributed by atoms with E-state index >= 15 is 0 Å². The van der Waals surface area contributed by atoms with Crippen LogP contribution in [0.1, 0.15) is 66.7 Å². The van der Waals surface area contributed by atoms with Crippen LogP contribution < -0.4 is 5.32 Å². The summed E-state index contributed by atoms with van der Waals surface area (Å²) in [5.74, 6) is 0. The van der Waals surface area contributed by atoms with Crippen molar-refractivity contribution in [2.24, 2.45) is 0 Å². The molecule has 0 aliphatic heterocycles. The summed E-state index contributed by atoms with van der Waals surface area (Å²) in [6.07, 6.45) is 10.7. The standard InChI is InChI=1S/C16H24N4S/c1-12-10-18-16(21-12)13(2)17-11-14-8-9-20(19-14)15-6-4-3-5-7-15/h8-10,13,15,17H,3-7,11H2,1-2H3. The number of aromatic nitrogens is 3. The number of nitrogens with one attached hydrogen (secondary N) is 1. The Morgan fingerprint density at radius 2 is 2.19 bits per heavy atom. The van der Waals surface area contributed by atoms with Crippen molar-refractivity contribution in [1.82, 2.24) is 20.1 Å². The lowest BCUT2D eigenvalue weighted by Crippen LogP contribution is -2.19. The van der Waals surface area contributed by atoms with E-state index in [4.69, 9.17) is 5.10 Å². The van der Waals surface area contributed by atoms with Crippen molar-refractivity contribution in [1.29, 1.82) is 0 Å². The summed E-state index contributed by atoms with van der Waals surface area (Å²) in [6, 6.07) is 3.04. The van der Waals surface area contributed by atoms with Crippen molar-refractivity contribution in [2.45, 2.75) is 64.6 Å². The fourth-order valence-electron chi connectivity index (χ4n) is 2.94. The largest absolute Gasteiger partial charge is 0.302 e. The lowest BCUT2D eigenvalue weighted by Gasteiger charge is -2.21. The Labute approximate surface area is 130 Å². The molecule has 2 aromatic rings. The molecule has 0 bridgehead atoms. The second-order valence-corrected chi connectivity index (χ2v) is 7.26. The van der Waals surface area contributed by atoms with Gasteiger partial charge in [-0.25, -0.2) is 4.98 Å². The smallest absolute Gasteiger partial charge is 0.109 e. The van der Waals surface area contributed by atoms with Crippen LogP contribution in [0.25, 0.3) is 0 Å². The van der Waals surface area contributed by atoms with Gasteiger partial charge in [0.1, 0.15) is 5.01 Å². The van der Waals surface area contributed by atoms with Crippen LogP contribution in [0, 0.1) is 6.92 Å².